The molecule has 0 unspecified atom stereocenters. The molecule has 2 aromatic rings. The minimum Gasteiger partial charge on any atom is -0.343 e. The summed E-state index contributed by atoms with van der Waals surface area (Å²) in [4.78, 5) is 21.1. The van der Waals surface area contributed by atoms with Crippen molar-refractivity contribution in [3.05, 3.63) is 39.9 Å². The van der Waals surface area contributed by atoms with Crippen LogP contribution in [0.4, 0.5) is 10.8 Å². The standard InChI is InChI=1S/C19H26N4OS/c1-4-17-15(3)25-19(20-17)21-18-7-5-6-16(14(18)2)12-22-8-10-23(13-24)11-9-22/h5-7,13H,4,8-12H2,1-3H3,(H,20,21). The molecule has 0 radical (unpaired) electrons. The van der Waals surface area contributed by atoms with Gasteiger partial charge in [-0.2, -0.15) is 0 Å². The molecule has 0 atom stereocenters. The SMILES string of the molecule is CCc1nc(Nc2cccc(CN3CCN(C=O)CC3)c2C)sc1C. The Bertz CT molecular complexity index is 735. The van der Waals surface area contributed by atoms with E-state index in [2.05, 4.69) is 54.2 Å². The number of benzene rings is 1. The zero-order valence-electron chi connectivity index (χ0n) is 15.2. The van der Waals surface area contributed by atoms with Gasteiger partial charge >= 0.3 is 0 Å². The van der Waals surface area contributed by atoms with Crippen molar-refractivity contribution in [1.29, 1.82) is 0 Å². The highest BCUT2D eigenvalue weighted by Crippen LogP contribution is 2.28. The molecule has 6 heteroatoms. The van der Waals surface area contributed by atoms with E-state index in [1.807, 2.05) is 4.90 Å². The summed E-state index contributed by atoms with van der Waals surface area (Å²) in [6.45, 7) is 10.9. The summed E-state index contributed by atoms with van der Waals surface area (Å²) >= 11 is 1.72. The van der Waals surface area contributed by atoms with Gasteiger partial charge in [-0.1, -0.05) is 19.1 Å². The number of hydrogen-bond donors (Lipinski definition) is 1. The van der Waals surface area contributed by atoms with Gasteiger partial charge in [0.2, 0.25) is 6.41 Å². The average molecular weight is 359 g/mol. The lowest BCUT2D eigenvalue weighted by molar-refractivity contribution is -0.119. The Hall–Kier alpha value is -1.92. The molecule has 0 spiro atoms. The highest BCUT2D eigenvalue weighted by atomic mass is 32.1. The van der Waals surface area contributed by atoms with Crippen LogP contribution in [0.2, 0.25) is 0 Å². The predicted molar refractivity (Wildman–Crippen MR) is 104 cm³/mol. The maximum absolute atomic E-state index is 10.8. The van der Waals surface area contributed by atoms with E-state index in [0.29, 0.717) is 0 Å². The number of aryl methyl sites for hydroxylation is 2. The van der Waals surface area contributed by atoms with Gasteiger partial charge in [-0.25, -0.2) is 4.98 Å². The topological polar surface area (TPSA) is 48.5 Å². The smallest absolute Gasteiger partial charge is 0.209 e. The Balaban J connectivity index is 1.70. The third kappa shape index (κ3) is 4.19. The van der Waals surface area contributed by atoms with Crippen LogP contribution in [-0.4, -0.2) is 47.4 Å². The van der Waals surface area contributed by atoms with Gasteiger partial charge in [0.15, 0.2) is 5.13 Å². The molecule has 1 fully saturated rings. The molecule has 1 aromatic heterocycles. The number of hydrogen-bond acceptors (Lipinski definition) is 5. The lowest BCUT2D eigenvalue weighted by atomic mass is 10.1. The van der Waals surface area contributed by atoms with Crippen LogP contribution in [0.25, 0.3) is 0 Å². The molecule has 1 aliphatic heterocycles. The molecule has 1 aliphatic rings. The highest BCUT2D eigenvalue weighted by molar-refractivity contribution is 7.15. The first-order valence-corrected chi connectivity index (χ1v) is 9.66. The van der Waals surface area contributed by atoms with Crippen molar-refractivity contribution >= 4 is 28.6 Å². The van der Waals surface area contributed by atoms with E-state index in [1.165, 1.54) is 21.7 Å². The van der Waals surface area contributed by atoms with Crippen LogP contribution in [0.1, 0.15) is 28.6 Å². The fourth-order valence-electron chi connectivity index (χ4n) is 3.18. The van der Waals surface area contributed by atoms with Crippen LogP contribution in [0.5, 0.6) is 0 Å². The second-order valence-electron chi connectivity index (χ2n) is 6.51. The lowest BCUT2D eigenvalue weighted by Crippen LogP contribution is -2.45. The number of nitrogens with zero attached hydrogens (tertiary/aromatic N) is 3. The number of thiazole rings is 1. The molecular weight excluding hydrogens is 332 g/mol. The number of anilines is 2. The zero-order valence-corrected chi connectivity index (χ0v) is 16.0. The summed E-state index contributed by atoms with van der Waals surface area (Å²) in [6, 6.07) is 6.41. The number of carbonyl (C=O) groups is 1. The number of amides is 1. The second kappa shape index (κ2) is 7.97. The van der Waals surface area contributed by atoms with Crippen molar-refractivity contribution < 1.29 is 4.79 Å². The van der Waals surface area contributed by atoms with Gasteiger partial charge in [-0.3, -0.25) is 9.69 Å². The molecule has 1 N–H and O–H groups in total. The molecular formula is C19H26N4OS. The Kier molecular flexibility index (Phi) is 5.71. The monoisotopic (exact) mass is 358 g/mol. The number of carbonyl (C=O) groups excluding carboxylic acids is 1. The fourth-order valence-corrected chi connectivity index (χ4v) is 4.10. The van der Waals surface area contributed by atoms with Gasteiger partial charge in [0.25, 0.3) is 0 Å². The fraction of sp³-hybridized carbons (Fsp3) is 0.474. The van der Waals surface area contributed by atoms with Crippen molar-refractivity contribution in [2.24, 2.45) is 0 Å². The van der Waals surface area contributed by atoms with Gasteiger partial charge in [0, 0.05) is 43.3 Å². The van der Waals surface area contributed by atoms with E-state index >= 15 is 0 Å². The number of rotatable bonds is 6. The maximum atomic E-state index is 10.8. The summed E-state index contributed by atoms with van der Waals surface area (Å²) in [7, 11) is 0. The largest absolute Gasteiger partial charge is 0.343 e. The molecule has 5 nitrogen and oxygen atoms in total. The van der Waals surface area contributed by atoms with Gasteiger partial charge < -0.3 is 10.2 Å². The first-order chi connectivity index (χ1) is 12.1. The zero-order chi connectivity index (χ0) is 17.8. The lowest BCUT2D eigenvalue weighted by Gasteiger charge is -2.32. The average Bonchev–Trinajstić information content (AvgIpc) is 2.98. The van der Waals surface area contributed by atoms with E-state index in [-0.39, 0.29) is 0 Å². The summed E-state index contributed by atoms with van der Waals surface area (Å²) < 4.78 is 0. The van der Waals surface area contributed by atoms with E-state index in [4.69, 9.17) is 0 Å². The normalized spacial score (nSPS) is 15.4. The quantitative estimate of drug-likeness (QED) is 0.805. The van der Waals surface area contributed by atoms with Crippen LogP contribution in [0.3, 0.4) is 0 Å². The molecule has 134 valence electrons. The van der Waals surface area contributed by atoms with Crippen molar-refractivity contribution in [2.75, 3.05) is 31.5 Å². The molecule has 0 saturated carbocycles. The second-order valence-corrected chi connectivity index (χ2v) is 7.71. The van der Waals surface area contributed by atoms with Gasteiger partial charge in [-0.05, 0) is 37.5 Å². The summed E-state index contributed by atoms with van der Waals surface area (Å²) in [5, 5.41) is 4.46. The molecule has 1 amide bonds. The molecule has 3 rings (SSSR count). The van der Waals surface area contributed by atoms with Gasteiger partial charge in [0.1, 0.15) is 0 Å². The Morgan fingerprint density at radius 3 is 2.64 bits per heavy atom. The first-order valence-electron chi connectivity index (χ1n) is 8.84. The van der Waals surface area contributed by atoms with Crippen LogP contribution in [-0.2, 0) is 17.8 Å². The summed E-state index contributed by atoms with van der Waals surface area (Å²) in [6.07, 6.45) is 1.92. The van der Waals surface area contributed by atoms with Crippen molar-refractivity contribution in [3.8, 4) is 0 Å². The molecule has 0 aliphatic carbocycles. The predicted octanol–water partition coefficient (Wildman–Crippen LogP) is 3.34. The van der Waals surface area contributed by atoms with E-state index < -0.39 is 0 Å². The third-order valence-corrected chi connectivity index (χ3v) is 5.79. The summed E-state index contributed by atoms with van der Waals surface area (Å²) in [5.41, 5.74) is 4.90. The van der Waals surface area contributed by atoms with Gasteiger partial charge in [-0.15, -0.1) is 11.3 Å². The number of nitrogens with one attached hydrogen (secondary N) is 1. The van der Waals surface area contributed by atoms with E-state index in [0.717, 1.165) is 56.4 Å². The molecule has 25 heavy (non-hydrogen) atoms. The highest BCUT2D eigenvalue weighted by Gasteiger charge is 2.17. The van der Waals surface area contributed by atoms with Crippen molar-refractivity contribution in [2.45, 2.75) is 33.7 Å². The Morgan fingerprint density at radius 1 is 1.24 bits per heavy atom. The van der Waals surface area contributed by atoms with E-state index in [1.54, 1.807) is 11.3 Å². The minimum atomic E-state index is 0.818. The number of aromatic nitrogens is 1. The van der Waals surface area contributed by atoms with Crippen LogP contribution >= 0.6 is 11.3 Å². The summed E-state index contributed by atoms with van der Waals surface area (Å²) in [5.74, 6) is 0. The van der Waals surface area contributed by atoms with Crippen molar-refractivity contribution in [1.82, 2.24) is 14.8 Å². The maximum Gasteiger partial charge on any atom is 0.209 e. The third-order valence-electron chi connectivity index (χ3n) is 4.87. The van der Waals surface area contributed by atoms with E-state index in [9.17, 15) is 4.79 Å². The van der Waals surface area contributed by atoms with Crippen molar-refractivity contribution in [3.63, 3.8) is 0 Å². The van der Waals surface area contributed by atoms with Crippen LogP contribution < -0.4 is 5.32 Å². The molecule has 1 aromatic carbocycles. The van der Waals surface area contributed by atoms with Crippen LogP contribution in [0, 0.1) is 13.8 Å². The number of piperazine rings is 1. The van der Waals surface area contributed by atoms with Gasteiger partial charge in [0.05, 0.1) is 5.69 Å². The Morgan fingerprint density at radius 2 is 2.00 bits per heavy atom. The van der Waals surface area contributed by atoms with Crippen LogP contribution in [0.15, 0.2) is 18.2 Å². The molecule has 0 bridgehead atoms. The molecule has 2 heterocycles. The minimum absolute atomic E-state index is 0.818. The Labute approximate surface area is 153 Å². The molecule has 1 saturated heterocycles. The first kappa shape index (κ1) is 17.9.